The van der Waals surface area contributed by atoms with E-state index < -0.39 is 55.7 Å². The standard InChI is InChI=1S/C8H12F6O5S2/c1-20(15,16)5(3-7(9,10)11)19-6(21(2,17)18)4-8(12,13)14/h5-6H,3-4H2,1-2H3. The van der Waals surface area contributed by atoms with Gasteiger partial charge in [0.1, 0.15) is 0 Å². The predicted molar refractivity (Wildman–Crippen MR) is 59.7 cm³/mol. The lowest BCUT2D eigenvalue weighted by Gasteiger charge is -2.24. The number of sulfone groups is 2. The zero-order chi connectivity index (χ0) is 17.3. The maximum atomic E-state index is 12.2. The number of hydrogen-bond donors (Lipinski definition) is 0. The van der Waals surface area contributed by atoms with E-state index in [0.29, 0.717) is 12.5 Å². The van der Waals surface area contributed by atoms with Crippen molar-refractivity contribution in [1.82, 2.24) is 0 Å². The number of hydrogen-bond acceptors (Lipinski definition) is 5. The Labute approximate surface area is 117 Å². The molecule has 0 aromatic rings. The van der Waals surface area contributed by atoms with Gasteiger partial charge in [-0.1, -0.05) is 0 Å². The molecule has 0 aromatic heterocycles. The summed E-state index contributed by atoms with van der Waals surface area (Å²) >= 11 is 0. The summed E-state index contributed by atoms with van der Waals surface area (Å²) < 4.78 is 122. The minimum atomic E-state index is -5.06. The van der Waals surface area contributed by atoms with Crippen LogP contribution < -0.4 is 0 Å². The van der Waals surface area contributed by atoms with Crippen LogP contribution in [0.1, 0.15) is 12.8 Å². The molecule has 5 nitrogen and oxygen atoms in total. The molecular weight excluding hydrogens is 354 g/mol. The molecule has 2 atom stereocenters. The van der Waals surface area contributed by atoms with Crippen molar-refractivity contribution in [3.63, 3.8) is 0 Å². The largest absolute Gasteiger partial charge is 0.392 e. The molecule has 0 saturated carbocycles. The van der Waals surface area contributed by atoms with Crippen LogP contribution in [0.15, 0.2) is 0 Å². The Morgan fingerprint density at radius 1 is 0.762 bits per heavy atom. The van der Waals surface area contributed by atoms with Crippen molar-refractivity contribution >= 4 is 19.7 Å². The molecule has 0 rings (SSSR count). The molecule has 2 unspecified atom stereocenters. The van der Waals surface area contributed by atoms with Crippen LogP contribution in [0.5, 0.6) is 0 Å². The van der Waals surface area contributed by atoms with Gasteiger partial charge in [0.15, 0.2) is 30.5 Å². The Kier molecular flexibility index (Phi) is 6.11. The number of rotatable bonds is 6. The first-order chi connectivity index (χ1) is 8.92. The van der Waals surface area contributed by atoms with Crippen LogP contribution in [0, 0.1) is 0 Å². The SMILES string of the molecule is CS(=O)(=O)C(CC(F)(F)F)OC(CC(F)(F)F)S(C)(=O)=O. The summed E-state index contributed by atoms with van der Waals surface area (Å²) in [6.07, 6.45) is -13.7. The van der Waals surface area contributed by atoms with E-state index in [9.17, 15) is 43.2 Å². The highest BCUT2D eigenvalue weighted by Crippen LogP contribution is 2.30. The van der Waals surface area contributed by atoms with Crippen molar-refractivity contribution in [1.29, 1.82) is 0 Å². The third-order valence-corrected chi connectivity index (χ3v) is 4.52. The molecule has 0 aliphatic rings. The molecule has 0 aliphatic carbocycles. The first-order valence-corrected chi connectivity index (χ1v) is 8.99. The molecule has 128 valence electrons. The summed E-state index contributed by atoms with van der Waals surface area (Å²) in [5, 5.41) is 0. The molecule has 0 spiro atoms. The highest BCUT2D eigenvalue weighted by atomic mass is 32.2. The summed E-state index contributed by atoms with van der Waals surface area (Å²) in [5.74, 6) is 0. The van der Waals surface area contributed by atoms with E-state index in [-0.39, 0.29) is 0 Å². The van der Waals surface area contributed by atoms with E-state index in [1.165, 1.54) is 0 Å². The van der Waals surface area contributed by atoms with Crippen molar-refractivity contribution in [2.45, 2.75) is 36.1 Å². The molecular formula is C8H12F6O5S2. The Morgan fingerprint density at radius 3 is 1.14 bits per heavy atom. The first kappa shape index (κ1) is 20.4. The van der Waals surface area contributed by atoms with Gasteiger partial charge in [0.25, 0.3) is 0 Å². The van der Waals surface area contributed by atoms with Crippen LogP contribution in [0.2, 0.25) is 0 Å². The second kappa shape index (κ2) is 6.28. The van der Waals surface area contributed by atoms with Gasteiger partial charge in [-0.25, -0.2) is 16.8 Å². The Balaban J connectivity index is 5.44. The maximum Gasteiger partial charge on any atom is 0.392 e. The van der Waals surface area contributed by atoms with Gasteiger partial charge in [-0.2, -0.15) is 26.3 Å². The quantitative estimate of drug-likeness (QED) is 0.668. The molecule has 0 saturated heterocycles. The molecule has 0 aromatic carbocycles. The van der Waals surface area contributed by atoms with Crippen molar-refractivity contribution < 1.29 is 47.9 Å². The van der Waals surface area contributed by atoms with Crippen molar-refractivity contribution in [3.05, 3.63) is 0 Å². The van der Waals surface area contributed by atoms with Gasteiger partial charge in [-0.05, 0) is 0 Å². The molecule has 0 aliphatic heterocycles. The lowest BCUT2D eigenvalue weighted by molar-refractivity contribution is -0.168. The molecule has 0 fully saturated rings. The first-order valence-electron chi connectivity index (χ1n) is 5.08. The van der Waals surface area contributed by atoms with Gasteiger partial charge in [-0.3, -0.25) is 0 Å². The van der Waals surface area contributed by atoms with Crippen LogP contribution in [-0.2, 0) is 24.4 Å². The lowest BCUT2D eigenvalue weighted by atomic mass is 10.4. The molecule has 0 N–H and O–H groups in total. The number of alkyl halides is 6. The van der Waals surface area contributed by atoms with Crippen LogP contribution in [0.3, 0.4) is 0 Å². The van der Waals surface area contributed by atoms with Gasteiger partial charge in [0, 0.05) is 12.5 Å². The average molecular weight is 366 g/mol. The molecule has 0 radical (unpaired) electrons. The minimum absolute atomic E-state index is 0.302. The third-order valence-electron chi connectivity index (χ3n) is 2.05. The topological polar surface area (TPSA) is 77.5 Å². The molecule has 0 heterocycles. The van der Waals surface area contributed by atoms with E-state index in [1.54, 1.807) is 0 Å². The van der Waals surface area contributed by atoms with E-state index in [4.69, 9.17) is 0 Å². The summed E-state index contributed by atoms with van der Waals surface area (Å²) in [4.78, 5) is 0. The van der Waals surface area contributed by atoms with Gasteiger partial charge >= 0.3 is 12.4 Å². The lowest BCUT2D eigenvalue weighted by Crippen LogP contribution is -2.38. The third kappa shape index (κ3) is 9.14. The summed E-state index contributed by atoms with van der Waals surface area (Å²) in [6, 6.07) is 0. The van der Waals surface area contributed by atoms with Crippen LogP contribution >= 0.6 is 0 Å². The Bertz CT molecular complexity index is 497. The fourth-order valence-corrected chi connectivity index (χ4v) is 2.87. The highest BCUT2D eigenvalue weighted by Gasteiger charge is 2.43. The second-order valence-corrected chi connectivity index (χ2v) is 8.66. The zero-order valence-corrected chi connectivity index (χ0v) is 12.3. The van der Waals surface area contributed by atoms with Crippen molar-refractivity contribution in [2.75, 3.05) is 12.5 Å². The molecule has 0 amide bonds. The Hall–Kier alpha value is -0.560. The summed E-state index contributed by atoms with van der Waals surface area (Å²) in [6.45, 7) is 0. The average Bonchev–Trinajstić information content (AvgIpc) is 2.07. The maximum absolute atomic E-state index is 12.2. The normalized spacial score (nSPS) is 17.5. The fourth-order valence-electron chi connectivity index (χ4n) is 1.15. The van der Waals surface area contributed by atoms with Gasteiger partial charge in [0.2, 0.25) is 0 Å². The van der Waals surface area contributed by atoms with Crippen molar-refractivity contribution in [2.24, 2.45) is 0 Å². The van der Waals surface area contributed by atoms with E-state index >= 15 is 0 Å². The summed E-state index contributed by atoms with van der Waals surface area (Å²) in [7, 11) is -9.17. The van der Waals surface area contributed by atoms with Crippen LogP contribution in [0.4, 0.5) is 26.3 Å². The van der Waals surface area contributed by atoms with Crippen LogP contribution in [0.25, 0.3) is 0 Å². The predicted octanol–water partition coefficient (Wildman–Crippen LogP) is 1.65. The molecule has 13 heteroatoms. The molecule has 0 bridgehead atoms. The fraction of sp³-hybridized carbons (Fsp3) is 1.00. The Morgan fingerprint density at radius 2 is 1.00 bits per heavy atom. The monoisotopic (exact) mass is 366 g/mol. The smallest absolute Gasteiger partial charge is 0.342 e. The van der Waals surface area contributed by atoms with Gasteiger partial charge < -0.3 is 4.74 Å². The van der Waals surface area contributed by atoms with E-state index in [0.717, 1.165) is 0 Å². The molecule has 21 heavy (non-hydrogen) atoms. The van der Waals surface area contributed by atoms with Gasteiger partial charge in [-0.15, -0.1) is 0 Å². The highest BCUT2D eigenvalue weighted by molar-refractivity contribution is 7.92. The van der Waals surface area contributed by atoms with Crippen molar-refractivity contribution in [3.8, 4) is 0 Å². The summed E-state index contributed by atoms with van der Waals surface area (Å²) in [5.41, 5.74) is -5.47. The van der Waals surface area contributed by atoms with Gasteiger partial charge in [0.05, 0.1) is 12.8 Å². The number of halogens is 6. The van der Waals surface area contributed by atoms with Crippen LogP contribution in [-0.4, -0.2) is 52.6 Å². The van der Waals surface area contributed by atoms with E-state index in [1.807, 2.05) is 0 Å². The zero-order valence-electron chi connectivity index (χ0n) is 10.7. The number of ether oxygens (including phenoxy) is 1. The second-order valence-electron chi connectivity index (χ2n) is 4.29. The van der Waals surface area contributed by atoms with E-state index in [2.05, 4.69) is 4.74 Å². The minimum Gasteiger partial charge on any atom is -0.342 e.